The van der Waals surface area contributed by atoms with Crippen LogP contribution in [0.1, 0.15) is 50.7 Å². The van der Waals surface area contributed by atoms with E-state index in [4.69, 9.17) is 10.8 Å². The van der Waals surface area contributed by atoms with Crippen LogP contribution in [-0.2, 0) is 10.0 Å². The molecule has 0 aromatic carbocycles. The number of aryl methyl sites for hydroxylation is 1. The van der Waals surface area contributed by atoms with Gasteiger partial charge >= 0.3 is 0 Å². The van der Waals surface area contributed by atoms with Gasteiger partial charge in [-0.15, -0.1) is 0 Å². The van der Waals surface area contributed by atoms with E-state index in [-0.39, 0.29) is 22.7 Å². The Labute approximate surface area is 212 Å². The minimum absolute atomic E-state index is 0.0196. The van der Waals surface area contributed by atoms with E-state index < -0.39 is 21.8 Å². The molecule has 13 nitrogen and oxygen atoms in total. The third-order valence-electron chi connectivity index (χ3n) is 6.31. The first kappa shape index (κ1) is 24.5. The number of rotatable bonds is 6. The Bertz CT molecular complexity index is 1600. The monoisotopic (exact) mass is 523 g/mol. The Morgan fingerprint density at radius 3 is 2.51 bits per heavy atom. The lowest BCUT2D eigenvalue weighted by Crippen LogP contribution is -2.37. The van der Waals surface area contributed by atoms with Gasteiger partial charge in [0.25, 0.3) is 11.8 Å². The van der Waals surface area contributed by atoms with Gasteiger partial charge in [-0.25, -0.2) is 27.2 Å². The summed E-state index contributed by atoms with van der Waals surface area (Å²) in [6.45, 7) is 2.73. The number of sulfonamides is 1. The number of primary amides is 1. The minimum atomic E-state index is -3.25. The van der Waals surface area contributed by atoms with E-state index in [1.165, 1.54) is 33.7 Å². The zero-order valence-corrected chi connectivity index (χ0v) is 21.0. The van der Waals surface area contributed by atoms with Crippen LogP contribution in [0.4, 0.5) is 5.82 Å². The van der Waals surface area contributed by atoms with Crippen LogP contribution < -0.4 is 11.1 Å². The number of amides is 2. The summed E-state index contributed by atoms with van der Waals surface area (Å²) in [5.41, 5.74) is 7.63. The fourth-order valence-corrected chi connectivity index (χ4v) is 5.15. The molecule has 37 heavy (non-hydrogen) atoms. The van der Waals surface area contributed by atoms with Gasteiger partial charge in [-0.2, -0.15) is 14.9 Å². The minimum Gasteiger partial charge on any atom is -0.366 e. The van der Waals surface area contributed by atoms with Crippen molar-refractivity contribution >= 4 is 33.3 Å². The van der Waals surface area contributed by atoms with Gasteiger partial charge in [-0.05, 0) is 31.4 Å². The Balaban J connectivity index is 1.46. The summed E-state index contributed by atoms with van der Waals surface area (Å²) in [5, 5.41) is 11.7. The predicted octanol–water partition coefficient (Wildman–Crippen LogP) is 1.11. The maximum Gasteiger partial charge on any atom is 0.262 e. The highest BCUT2D eigenvalue weighted by atomic mass is 32.2. The van der Waals surface area contributed by atoms with Crippen molar-refractivity contribution < 1.29 is 18.0 Å². The fraction of sp³-hybridized carbons (Fsp3) is 0.304. The van der Waals surface area contributed by atoms with Crippen molar-refractivity contribution in [2.24, 2.45) is 5.73 Å². The summed E-state index contributed by atoms with van der Waals surface area (Å²) in [4.78, 5) is 33.3. The second kappa shape index (κ2) is 9.37. The summed E-state index contributed by atoms with van der Waals surface area (Å²) in [5.74, 6) is -0.188. The molecule has 0 spiro atoms. The van der Waals surface area contributed by atoms with Gasteiger partial charge in [-0.1, -0.05) is 6.07 Å². The second-order valence-electron chi connectivity index (χ2n) is 8.98. The number of nitrogens with two attached hydrogens (primary N) is 1. The van der Waals surface area contributed by atoms with Crippen molar-refractivity contribution in [1.29, 1.82) is 0 Å². The van der Waals surface area contributed by atoms with Gasteiger partial charge in [0.1, 0.15) is 11.4 Å². The van der Waals surface area contributed by atoms with Crippen LogP contribution >= 0.6 is 0 Å². The van der Waals surface area contributed by atoms with E-state index >= 15 is 0 Å². The molecule has 0 bridgehead atoms. The molecule has 3 N–H and O–H groups in total. The van der Waals surface area contributed by atoms with Gasteiger partial charge in [0.2, 0.25) is 10.0 Å². The quantitative estimate of drug-likeness (QED) is 0.378. The van der Waals surface area contributed by atoms with E-state index in [0.29, 0.717) is 37.6 Å². The van der Waals surface area contributed by atoms with Crippen molar-refractivity contribution in [2.75, 3.05) is 24.7 Å². The third-order valence-corrected chi connectivity index (χ3v) is 7.61. The van der Waals surface area contributed by atoms with Crippen LogP contribution in [0, 0.1) is 6.92 Å². The first-order chi connectivity index (χ1) is 17.6. The molecular weight excluding hydrogens is 498 g/mol. The molecule has 1 aliphatic rings. The molecule has 0 atom stereocenters. The zero-order chi connectivity index (χ0) is 26.3. The highest BCUT2D eigenvalue weighted by molar-refractivity contribution is 7.88. The lowest BCUT2D eigenvalue weighted by atomic mass is 9.95. The van der Waals surface area contributed by atoms with Gasteiger partial charge in [0.15, 0.2) is 11.5 Å². The van der Waals surface area contributed by atoms with Crippen LogP contribution in [0.25, 0.3) is 11.5 Å². The van der Waals surface area contributed by atoms with Crippen molar-refractivity contribution in [3.8, 4) is 5.82 Å². The first-order valence-corrected chi connectivity index (χ1v) is 13.4. The average molecular weight is 524 g/mol. The standard InChI is InChI=1S/C23H25N9O4S/c1-14-3-4-19(25-10-14)32-20(9-18(29-32)15-5-7-30(8-6-15)37(2,35)36)28-23(34)17-12-27-31-13-16(21(24)33)11-26-22(17)31/h3-4,9-13,15H,5-8H2,1-2H3,(H2,24,33)(H,28,34). The van der Waals surface area contributed by atoms with Crippen LogP contribution in [0.2, 0.25) is 0 Å². The van der Waals surface area contributed by atoms with Gasteiger partial charge in [-0.3, -0.25) is 9.59 Å². The molecule has 4 aromatic rings. The number of nitrogens with one attached hydrogen (secondary N) is 1. The molecule has 1 fully saturated rings. The van der Waals surface area contributed by atoms with Crippen LogP contribution in [-0.4, -0.2) is 73.2 Å². The van der Waals surface area contributed by atoms with E-state index in [1.807, 2.05) is 13.0 Å². The van der Waals surface area contributed by atoms with Crippen LogP contribution in [0.15, 0.2) is 43.0 Å². The highest BCUT2D eigenvalue weighted by Gasteiger charge is 2.28. The zero-order valence-electron chi connectivity index (χ0n) is 20.2. The van der Waals surface area contributed by atoms with Crippen molar-refractivity contribution in [3.63, 3.8) is 0 Å². The van der Waals surface area contributed by atoms with Gasteiger partial charge < -0.3 is 11.1 Å². The predicted molar refractivity (Wildman–Crippen MR) is 134 cm³/mol. The summed E-state index contributed by atoms with van der Waals surface area (Å²) < 4.78 is 28.1. The molecule has 4 aromatic heterocycles. The molecule has 0 radical (unpaired) electrons. The lowest BCUT2D eigenvalue weighted by molar-refractivity contribution is 0.0997. The largest absolute Gasteiger partial charge is 0.366 e. The van der Waals surface area contributed by atoms with E-state index in [1.54, 1.807) is 23.0 Å². The number of carbonyl (C=O) groups excluding carboxylic acids is 2. The van der Waals surface area contributed by atoms with Gasteiger partial charge in [0, 0.05) is 43.7 Å². The Morgan fingerprint density at radius 2 is 1.86 bits per heavy atom. The molecule has 0 unspecified atom stereocenters. The molecule has 5 rings (SSSR count). The topological polar surface area (TPSA) is 170 Å². The number of fused-ring (bicyclic) bond motifs is 1. The average Bonchev–Trinajstić information content (AvgIpc) is 3.48. The highest BCUT2D eigenvalue weighted by Crippen LogP contribution is 2.31. The van der Waals surface area contributed by atoms with E-state index in [0.717, 1.165) is 11.3 Å². The number of piperidine rings is 1. The first-order valence-electron chi connectivity index (χ1n) is 11.5. The maximum absolute atomic E-state index is 13.3. The van der Waals surface area contributed by atoms with Crippen molar-refractivity contribution in [1.82, 2.24) is 33.7 Å². The molecular formula is C23H25N9O4S. The molecule has 1 aliphatic heterocycles. The normalized spacial score (nSPS) is 15.2. The van der Waals surface area contributed by atoms with E-state index in [2.05, 4.69) is 20.4 Å². The molecule has 2 amide bonds. The Morgan fingerprint density at radius 1 is 1.11 bits per heavy atom. The molecule has 5 heterocycles. The Hall–Kier alpha value is -4.17. The second-order valence-corrected chi connectivity index (χ2v) is 11.0. The summed E-state index contributed by atoms with van der Waals surface area (Å²) in [6.07, 6.45) is 8.19. The molecule has 0 aliphatic carbocycles. The Kier molecular flexibility index (Phi) is 6.21. The summed E-state index contributed by atoms with van der Waals surface area (Å²) >= 11 is 0. The fourth-order valence-electron chi connectivity index (χ4n) is 4.28. The van der Waals surface area contributed by atoms with E-state index in [9.17, 15) is 18.0 Å². The van der Waals surface area contributed by atoms with Crippen molar-refractivity contribution in [3.05, 3.63) is 65.4 Å². The number of anilines is 1. The smallest absolute Gasteiger partial charge is 0.262 e. The molecule has 1 saturated heterocycles. The number of carbonyl (C=O) groups is 2. The van der Waals surface area contributed by atoms with Crippen molar-refractivity contribution in [2.45, 2.75) is 25.7 Å². The maximum atomic E-state index is 13.3. The number of hydrogen-bond acceptors (Lipinski definition) is 8. The van der Waals surface area contributed by atoms with Crippen LogP contribution in [0.3, 0.4) is 0 Å². The molecule has 0 saturated carbocycles. The SMILES string of the molecule is Cc1ccc(-n2nc(C3CCN(S(C)(=O)=O)CC3)cc2NC(=O)c2cnn3cc(C(N)=O)cnc23)nc1. The number of hydrogen-bond donors (Lipinski definition) is 2. The third kappa shape index (κ3) is 4.93. The summed E-state index contributed by atoms with van der Waals surface area (Å²) in [7, 11) is -3.25. The van der Waals surface area contributed by atoms with Gasteiger partial charge in [0.05, 0.1) is 23.7 Å². The lowest BCUT2D eigenvalue weighted by Gasteiger charge is -2.29. The molecule has 14 heteroatoms. The number of aromatic nitrogens is 6. The summed E-state index contributed by atoms with van der Waals surface area (Å²) in [6, 6.07) is 5.48. The molecule has 192 valence electrons. The van der Waals surface area contributed by atoms with Crippen LogP contribution in [0.5, 0.6) is 0 Å². The number of pyridine rings is 1. The number of nitrogens with zero attached hydrogens (tertiary/aromatic N) is 7.